The van der Waals surface area contributed by atoms with E-state index in [1.165, 1.54) is 12.1 Å². The van der Waals surface area contributed by atoms with E-state index in [-0.39, 0.29) is 24.6 Å². The molecule has 23 heavy (non-hydrogen) atoms. The van der Waals surface area contributed by atoms with Crippen molar-refractivity contribution in [1.82, 2.24) is 14.7 Å². The Hall–Kier alpha value is -1.60. The second-order valence-corrected chi connectivity index (χ2v) is 6.01. The van der Waals surface area contributed by atoms with Crippen LogP contribution >= 0.6 is 0 Å². The first-order valence-electron chi connectivity index (χ1n) is 7.57. The van der Waals surface area contributed by atoms with Gasteiger partial charge in [-0.1, -0.05) is 18.2 Å². The van der Waals surface area contributed by atoms with Crippen molar-refractivity contribution in [3.05, 3.63) is 35.4 Å². The topological polar surface area (TPSA) is 26.8 Å². The first-order valence-corrected chi connectivity index (χ1v) is 7.57. The molecule has 1 amide bonds. The van der Waals surface area contributed by atoms with Gasteiger partial charge in [-0.25, -0.2) is 0 Å². The summed E-state index contributed by atoms with van der Waals surface area (Å²) in [6.07, 6.45) is -4.38. The number of likely N-dealkylation sites (N-methyl/N-ethyl adjacent to an activating group) is 2. The fourth-order valence-corrected chi connectivity index (χ4v) is 2.67. The highest BCUT2D eigenvalue weighted by Crippen LogP contribution is 2.32. The molecule has 1 heterocycles. The Morgan fingerprint density at radius 2 is 1.78 bits per heavy atom. The first kappa shape index (κ1) is 17.7. The molecule has 1 aromatic carbocycles. The number of carbonyl (C=O) groups excluding carboxylic acids is 1. The van der Waals surface area contributed by atoms with Gasteiger partial charge in [0.15, 0.2) is 0 Å². The molecule has 0 bridgehead atoms. The lowest BCUT2D eigenvalue weighted by Crippen LogP contribution is -2.49. The molecule has 0 aromatic heterocycles. The van der Waals surface area contributed by atoms with E-state index in [0.717, 1.165) is 19.2 Å². The number of hydrogen-bond acceptors (Lipinski definition) is 3. The standard InChI is InChI=1S/C16H22F3N3O/c1-20-7-9-22(10-8-20)15(23)12-21(2)11-13-5-3-4-6-14(13)16(17,18)19/h3-6H,7-12H2,1-2H3. The number of hydrogen-bond donors (Lipinski definition) is 0. The maximum absolute atomic E-state index is 13.0. The van der Waals surface area contributed by atoms with Gasteiger partial charge < -0.3 is 9.80 Å². The van der Waals surface area contributed by atoms with Gasteiger partial charge in [-0.3, -0.25) is 9.69 Å². The average Bonchev–Trinajstić information content (AvgIpc) is 2.47. The third-order valence-electron chi connectivity index (χ3n) is 4.02. The second kappa shape index (κ2) is 7.31. The summed E-state index contributed by atoms with van der Waals surface area (Å²) in [5.74, 6) is -0.0370. The van der Waals surface area contributed by atoms with Crippen molar-refractivity contribution >= 4 is 5.91 Å². The molecular weight excluding hydrogens is 307 g/mol. The molecule has 0 unspecified atom stereocenters. The zero-order valence-corrected chi connectivity index (χ0v) is 13.4. The number of rotatable bonds is 4. The average molecular weight is 329 g/mol. The van der Waals surface area contributed by atoms with E-state index in [1.54, 1.807) is 22.9 Å². The molecule has 0 N–H and O–H groups in total. The lowest BCUT2D eigenvalue weighted by Gasteiger charge is -2.33. The molecule has 4 nitrogen and oxygen atoms in total. The van der Waals surface area contributed by atoms with Gasteiger partial charge in [-0.15, -0.1) is 0 Å². The van der Waals surface area contributed by atoms with Crippen molar-refractivity contribution < 1.29 is 18.0 Å². The minimum atomic E-state index is -4.38. The minimum Gasteiger partial charge on any atom is -0.339 e. The van der Waals surface area contributed by atoms with Gasteiger partial charge in [0.25, 0.3) is 0 Å². The predicted octanol–water partition coefficient (Wildman–Crippen LogP) is 1.91. The fourth-order valence-electron chi connectivity index (χ4n) is 2.67. The molecule has 1 aromatic rings. The summed E-state index contributed by atoms with van der Waals surface area (Å²) in [5.41, 5.74) is -0.451. The largest absolute Gasteiger partial charge is 0.416 e. The van der Waals surface area contributed by atoms with Crippen molar-refractivity contribution in [3.63, 3.8) is 0 Å². The summed E-state index contributed by atoms with van der Waals surface area (Å²) in [7, 11) is 3.67. The Bertz CT molecular complexity index is 540. The summed E-state index contributed by atoms with van der Waals surface area (Å²) in [6.45, 7) is 3.20. The van der Waals surface area contributed by atoms with Gasteiger partial charge in [0, 0.05) is 32.7 Å². The van der Waals surface area contributed by atoms with Crippen LogP contribution in [0.15, 0.2) is 24.3 Å². The Balaban J connectivity index is 1.95. The maximum atomic E-state index is 13.0. The number of alkyl halides is 3. The molecule has 1 fully saturated rings. The van der Waals surface area contributed by atoms with Crippen LogP contribution in [0.5, 0.6) is 0 Å². The van der Waals surface area contributed by atoms with Crippen LogP contribution in [-0.2, 0) is 17.5 Å². The molecule has 0 radical (unpaired) electrons. The lowest BCUT2D eigenvalue weighted by molar-refractivity contribution is -0.138. The molecule has 0 atom stereocenters. The van der Waals surface area contributed by atoms with Crippen molar-refractivity contribution in [2.45, 2.75) is 12.7 Å². The molecular formula is C16H22F3N3O. The lowest BCUT2D eigenvalue weighted by atomic mass is 10.1. The van der Waals surface area contributed by atoms with Gasteiger partial charge in [-0.2, -0.15) is 13.2 Å². The molecule has 1 aliphatic heterocycles. The summed E-state index contributed by atoms with van der Waals surface area (Å²) in [5, 5.41) is 0. The van der Waals surface area contributed by atoms with E-state index in [4.69, 9.17) is 0 Å². The van der Waals surface area contributed by atoms with Crippen LogP contribution in [-0.4, -0.2) is 67.4 Å². The highest BCUT2D eigenvalue weighted by molar-refractivity contribution is 5.78. The fraction of sp³-hybridized carbons (Fsp3) is 0.562. The molecule has 0 spiro atoms. The van der Waals surface area contributed by atoms with Gasteiger partial charge in [0.2, 0.25) is 5.91 Å². The molecule has 1 saturated heterocycles. The van der Waals surface area contributed by atoms with Crippen LogP contribution in [0.25, 0.3) is 0 Å². The van der Waals surface area contributed by atoms with Crippen LogP contribution in [0, 0.1) is 0 Å². The molecule has 0 aliphatic carbocycles. The molecule has 1 aliphatic rings. The van der Waals surface area contributed by atoms with Crippen molar-refractivity contribution in [2.24, 2.45) is 0 Å². The second-order valence-electron chi connectivity index (χ2n) is 6.01. The molecule has 0 saturated carbocycles. The van der Waals surface area contributed by atoms with Crippen LogP contribution < -0.4 is 0 Å². The summed E-state index contributed by atoms with van der Waals surface area (Å²) in [6, 6.07) is 5.49. The summed E-state index contributed by atoms with van der Waals surface area (Å²) >= 11 is 0. The highest BCUT2D eigenvalue weighted by Gasteiger charge is 2.33. The minimum absolute atomic E-state index is 0.0370. The number of amides is 1. The third kappa shape index (κ3) is 4.94. The van der Waals surface area contributed by atoms with Gasteiger partial charge in [-0.05, 0) is 25.7 Å². The van der Waals surface area contributed by atoms with E-state index in [0.29, 0.717) is 13.1 Å². The maximum Gasteiger partial charge on any atom is 0.416 e. The van der Waals surface area contributed by atoms with Crippen molar-refractivity contribution in [1.29, 1.82) is 0 Å². The van der Waals surface area contributed by atoms with E-state index in [9.17, 15) is 18.0 Å². The van der Waals surface area contributed by atoms with Crippen molar-refractivity contribution in [2.75, 3.05) is 46.8 Å². The normalized spacial score (nSPS) is 16.9. The van der Waals surface area contributed by atoms with E-state index in [1.807, 2.05) is 7.05 Å². The van der Waals surface area contributed by atoms with Gasteiger partial charge in [0.05, 0.1) is 12.1 Å². The smallest absolute Gasteiger partial charge is 0.339 e. The first-order chi connectivity index (χ1) is 10.8. The molecule has 128 valence electrons. The number of piperazine rings is 1. The quantitative estimate of drug-likeness (QED) is 0.844. The van der Waals surface area contributed by atoms with Crippen LogP contribution in [0.4, 0.5) is 13.2 Å². The van der Waals surface area contributed by atoms with Gasteiger partial charge in [0.1, 0.15) is 0 Å². The number of benzene rings is 1. The number of carbonyl (C=O) groups is 1. The zero-order chi connectivity index (χ0) is 17.0. The molecule has 7 heteroatoms. The van der Waals surface area contributed by atoms with Gasteiger partial charge >= 0.3 is 6.18 Å². The Morgan fingerprint density at radius 1 is 1.17 bits per heavy atom. The highest BCUT2D eigenvalue weighted by atomic mass is 19.4. The number of nitrogens with zero attached hydrogens (tertiary/aromatic N) is 3. The summed E-state index contributed by atoms with van der Waals surface area (Å²) < 4.78 is 39.0. The van der Waals surface area contributed by atoms with E-state index >= 15 is 0 Å². The van der Waals surface area contributed by atoms with E-state index in [2.05, 4.69) is 4.90 Å². The third-order valence-corrected chi connectivity index (χ3v) is 4.02. The van der Waals surface area contributed by atoms with Crippen LogP contribution in [0.2, 0.25) is 0 Å². The van der Waals surface area contributed by atoms with Crippen molar-refractivity contribution in [3.8, 4) is 0 Å². The summed E-state index contributed by atoms with van der Waals surface area (Å²) in [4.78, 5) is 17.8. The zero-order valence-electron chi connectivity index (χ0n) is 13.4. The molecule has 2 rings (SSSR count). The monoisotopic (exact) mass is 329 g/mol. The predicted molar refractivity (Wildman–Crippen MR) is 81.9 cm³/mol. The Kier molecular flexibility index (Phi) is 5.64. The number of halogens is 3. The Morgan fingerprint density at radius 3 is 2.39 bits per heavy atom. The van der Waals surface area contributed by atoms with Crippen LogP contribution in [0.3, 0.4) is 0 Å². The van der Waals surface area contributed by atoms with E-state index < -0.39 is 11.7 Å². The SMILES string of the molecule is CN1CCN(C(=O)CN(C)Cc2ccccc2C(F)(F)F)CC1. The Labute approximate surface area is 134 Å². The van der Waals surface area contributed by atoms with Crippen LogP contribution in [0.1, 0.15) is 11.1 Å².